The molecule has 71 heavy (non-hydrogen) atoms. The Labute approximate surface area is 414 Å². The van der Waals surface area contributed by atoms with Crippen LogP contribution >= 0.6 is 22.9 Å². The summed E-state index contributed by atoms with van der Waals surface area (Å²) in [6.45, 7) is 14.0. The number of rotatable bonds is 11. The molecular formula is C49H52ClF3N10O7S. The topological polar surface area (TPSA) is 224 Å². The van der Waals surface area contributed by atoms with E-state index >= 15 is 0 Å². The van der Waals surface area contributed by atoms with Gasteiger partial charge in [-0.1, -0.05) is 49.7 Å². The molecule has 0 saturated carbocycles. The summed E-state index contributed by atoms with van der Waals surface area (Å²) >= 11 is 7.93. The van der Waals surface area contributed by atoms with E-state index in [1.165, 1.54) is 15.5 Å². The van der Waals surface area contributed by atoms with Gasteiger partial charge in [-0.3, -0.25) is 24.0 Å². The van der Waals surface area contributed by atoms with Gasteiger partial charge in [0.1, 0.15) is 28.4 Å². The van der Waals surface area contributed by atoms with Crippen LogP contribution in [-0.4, -0.2) is 117 Å². The molecule has 3 aromatic carbocycles. The fourth-order valence-corrected chi connectivity index (χ4v) is 10.4. The minimum absolute atomic E-state index is 0.00666. The molecule has 6 aromatic rings. The molecule has 9 rings (SSSR count). The van der Waals surface area contributed by atoms with E-state index in [-0.39, 0.29) is 53.3 Å². The second-order valence-corrected chi connectivity index (χ2v) is 20.0. The SMILES string of the molecule is Cc1sc2c(c1C)C(c1ccc(Cl)cc1)=N[C@@H](CC(=O)NCC1CN(C(=O)C3CCN(Cc4ccc(-n5c(-c6cc(C(C)C)c(O)cc6O)n[nH]c5=O)cc4)CC3)C1)c1nnc(C)n1-2.O=C(O)C(F)(F)F. The highest BCUT2D eigenvalue weighted by molar-refractivity contribution is 7.15. The van der Waals surface area contributed by atoms with Gasteiger partial charge in [-0.05, 0) is 99.6 Å². The normalized spacial score (nSPS) is 16.3. The van der Waals surface area contributed by atoms with Crippen molar-refractivity contribution in [1.82, 2.24) is 44.6 Å². The minimum Gasteiger partial charge on any atom is -0.508 e. The molecule has 0 spiro atoms. The number of carbonyl (C=O) groups excluding carboxylic acids is 2. The number of phenolic OH excluding ortho intramolecular Hbond substituents is 2. The maximum Gasteiger partial charge on any atom is 0.490 e. The van der Waals surface area contributed by atoms with Crippen molar-refractivity contribution in [3.05, 3.63) is 121 Å². The third-order valence-electron chi connectivity index (χ3n) is 13.1. The van der Waals surface area contributed by atoms with Crippen LogP contribution in [0.3, 0.4) is 0 Å². The fraction of sp³-hybridized carbons (Fsp3) is 0.388. The molecule has 374 valence electrons. The van der Waals surface area contributed by atoms with Crippen LogP contribution in [0.15, 0.2) is 70.5 Å². The lowest BCUT2D eigenvalue weighted by Gasteiger charge is -2.42. The Balaban J connectivity index is 0.000000900. The molecule has 0 bridgehead atoms. The van der Waals surface area contributed by atoms with Crippen LogP contribution in [-0.2, 0) is 20.9 Å². The zero-order chi connectivity index (χ0) is 51.1. The molecule has 3 aliphatic rings. The largest absolute Gasteiger partial charge is 0.508 e. The Bertz CT molecular complexity index is 3060. The van der Waals surface area contributed by atoms with Gasteiger partial charge in [-0.2, -0.15) is 18.3 Å². The van der Waals surface area contributed by atoms with Crippen molar-refractivity contribution in [2.45, 2.75) is 78.6 Å². The zero-order valence-electron chi connectivity index (χ0n) is 39.4. The van der Waals surface area contributed by atoms with E-state index in [4.69, 9.17) is 26.5 Å². The summed E-state index contributed by atoms with van der Waals surface area (Å²) in [4.78, 5) is 59.6. The highest BCUT2D eigenvalue weighted by Gasteiger charge is 2.39. The number of aromatic nitrogens is 6. The number of carboxylic acid groups (broad SMARTS) is 1. The van der Waals surface area contributed by atoms with Crippen molar-refractivity contribution < 1.29 is 42.9 Å². The number of aromatic hydroxyl groups is 2. The number of thiophene rings is 1. The molecule has 0 unspecified atom stereocenters. The highest BCUT2D eigenvalue weighted by Crippen LogP contribution is 2.40. The third-order valence-corrected chi connectivity index (χ3v) is 14.5. The lowest BCUT2D eigenvalue weighted by atomic mass is 9.91. The minimum atomic E-state index is -5.08. The molecule has 22 heteroatoms. The van der Waals surface area contributed by atoms with Crippen LogP contribution in [0.4, 0.5) is 13.2 Å². The van der Waals surface area contributed by atoms with Gasteiger partial charge < -0.3 is 25.5 Å². The van der Waals surface area contributed by atoms with Gasteiger partial charge >= 0.3 is 17.8 Å². The first-order valence-electron chi connectivity index (χ1n) is 23.0. The molecule has 17 nitrogen and oxygen atoms in total. The molecule has 0 radical (unpaired) electrons. The molecule has 0 aliphatic carbocycles. The van der Waals surface area contributed by atoms with E-state index in [0.717, 1.165) is 64.7 Å². The van der Waals surface area contributed by atoms with Crippen LogP contribution in [0.1, 0.15) is 89.4 Å². The fourth-order valence-electron chi connectivity index (χ4n) is 9.07. The number of alkyl halides is 3. The number of piperidine rings is 1. The number of halogens is 4. The number of nitrogens with one attached hydrogen (secondary N) is 2. The number of carbonyl (C=O) groups is 3. The maximum absolute atomic E-state index is 13.6. The number of aliphatic carboxylic acids is 1. The Morgan fingerprint density at radius 2 is 1.61 bits per heavy atom. The number of aromatic amines is 1. The van der Waals surface area contributed by atoms with Crippen LogP contribution in [0.25, 0.3) is 22.1 Å². The van der Waals surface area contributed by atoms with E-state index in [1.54, 1.807) is 17.4 Å². The molecule has 3 aromatic heterocycles. The monoisotopic (exact) mass is 1020 g/mol. The molecule has 6 heterocycles. The number of hydrogen-bond donors (Lipinski definition) is 5. The molecule has 3 aliphatic heterocycles. The molecule has 1 atom stereocenters. The molecule has 5 N–H and O–H groups in total. The lowest BCUT2D eigenvalue weighted by molar-refractivity contribution is -0.192. The van der Waals surface area contributed by atoms with Gasteiger partial charge in [0.05, 0.1) is 23.4 Å². The van der Waals surface area contributed by atoms with E-state index in [2.05, 4.69) is 44.5 Å². The van der Waals surface area contributed by atoms with Crippen LogP contribution in [0, 0.1) is 32.6 Å². The number of aryl methyl sites for hydroxylation is 2. The summed E-state index contributed by atoms with van der Waals surface area (Å²) in [6, 6.07) is 17.7. The number of carboxylic acids is 1. The van der Waals surface area contributed by atoms with Gasteiger partial charge in [0.15, 0.2) is 11.6 Å². The molecule has 2 fully saturated rings. The summed E-state index contributed by atoms with van der Waals surface area (Å²) in [7, 11) is 0. The van der Waals surface area contributed by atoms with Gasteiger partial charge in [0.25, 0.3) is 0 Å². The average molecular weight is 1020 g/mol. The summed E-state index contributed by atoms with van der Waals surface area (Å²) < 4.78 is 35.2. The number of amides is 2. The first-order chi connectivity index (χ1) is 33.7. The zero-order valence-corrected chi connectivity index (χ0v) is 41.0. The molecular weight excluding hydrogens is 965 g/mol. The number of phenols is 2. The number of aliphatic imine (C=N–C) groups is 1. The summed E-state index contributed by atoms with van der Waals surface area (Å²) in [6.07, 6.45) is -3.43. The maximum atomic E-state index is 13.6. The first kappa shape index (κ1) is 50.5. The van der Waals surface area contributed by atoms with E-state index in [1.807, 2.05) is 78.8 Å². The Kier molecular flexibility index (Phi) is 14.6. The van der Waals surface area contributed by atoms with Crippen molar-refractivity contribution >= 4 is 46.4 Å². The van der Waals surface area contributed by atoms with Gasteiger partial charge in [0.2, 0.25) is 11.8 Å². The second-order valence-electron chi connectivity index (χ2n) is 18.3. The number of benzene rings is 3. The van der Waals surface area contributed by atoms with Crippen molar-refractivity contribution in [2.75, 3.05) is 32.7 Å². The van der Waals surface area contributed by atoms with E-state index in [9.17, 15) is 37.8 Å². The molecule has 2 saturated heterocycles. The summed E-state index contributed by atoms with van der Waals surface area (Å²) in [5.41, 5.74) is 6.07. The summed E-state index contributed by atoms with van der Waals surface area (Å²) in [5, 5.41) is 48.5. The van der Waals surface area contributed by atoms with Gasteiger partial charge in [0, 0.05) is 65.1 Å². The molecule has 2 amide bonds. The number of hydrogen-bond acceptors (Lipinski definition) is 12. The Morgan fingerprint density at radius 3 is 2.24 bits per heavy atom. The van der Waals surface area contributed by atoms with Crippen LogP contribution in [0.5, 0.6) is 11.5 Å². The predicted molar refractivity (Wildman–Crippen MR) is 260 cm³/mol. The highest BCUT2D eigenvalue weighted by atomic mass is 35.5. The summed E-state index contributed by atoms with van der Waals surface area (Å²) in [5.74, 6) is -1.13. The van der Waals surface area contributed by atoms with Crippen molar-refractivity contribution in [2.24, 2.45) is 16.8 Å². The Morgan fingerprint density at radius 1 is 0.944 bits per heavy atom. The lowest BCUT2D eigenvalue weighted by Crippen LogP contribution is -2.56. The van der Waals surface area contributed by atoms with Gasteiger partial charge in [-0.15, -0.1) is 21.5 Å². The number of nitrogens with zero attached hydrogens (tertiary/aromatic N) is 8. The van der Waals surface area contributed by atoms with Gasteiger partial charge in [-0.25, -0.2) is 19.3 Å². The van der Waals surface area contributed by atoms with Crippen molar-refractivity contribution in [1.29, 1.82) is 0 Å². The third kappa shape index (κ3) is 10.8. The predicted octanol–water partition coefficient (Wildman–Crippen LogP) is 7.39. The van der Waals surface area contributed by atoms with Crippen molar-refractivity contribution in [3.63, 3.8) is 0 Å². The average Bonchev–Trinajstić information content (AvgIpc) is 3.95. The number of likely N-dealkylation sites (tertiary alicyclic amines) is 2. The number of H-pyrrole nitrogens is 1. The first-order valence-corrected chi connectivity index (χ1v) is 24.1. The van der Waals surface area contributed by atoms with Crippen LogP contribution in [0.2, 0.25) is 5.02 Å². The number of fused-ring (bicyclic) bond motifs is 3. The van der Waals surface area contributed by atoms with E-state index < -0.39 is 23.9 Å². The second kappa shape index (κ2) is 20.5. The van der Waals surface area contributed by atoms with Crippen LogP contribution < -0.4 is 11.0 Å². The standard InChI is InChI=1S/C47H51ClN10O5S.C2HF3O2/c1-25(2)35-18-36(39(60)20-38(35)59)43-52-54-47(63)58(43)34-12-6-29(7-13-34)22-55-16-14-32(15-17-55)45(62)56-23-30(24-56)21-49-40(61)19-37-44-53-51-28(5)57(44)46-41(26(3)27(4)64-46)42(50-37)31-8-10-33(48)11-9-31;3-2(4,5)1(6)7/h6-13,18,20,25,30,32,37,59-60H,14-17,19,21-24H2,1-5H3,(H,49,61)(H,54,63);(H,6,7)/t37-;/m0./s1. The smallest absolute Gasteiger partial charge is 0.490 e. The Hall–Kier alpha value is -6.84. The van der Waals surface area contributed by atoms with Crippen molar-refractivity contribution in [3.8, 4) is 33.6 Å². The van der Waals surface area contributed by atoms with E-state index in [0.29, 0.717) is 53.8 Å². The quantitative estimate of drug-likeness (QED) is 0.0861.